The Kier molecular flexibility index (Phi) is 8.72. The summed E-state index contributed by atoms with van der Waals surface area (Å²) in [5.74, 6) is -1.50. The number of carbonyl (C=O) groups is 2. The van der Waals surface area contributed by atoms with Crippen LogP contribution < -0.4 is 10.6 Å². The smallest absolute Gasteiger partial charge is 0.327 e. The molecular weight excluding hydrogens is 394 g/mol. The molecule has 0 spiro atoms. The molecular formula is C20H29N3O3S2. The van der Waals surface area contributed by atoms with E-state index in [9.17, 15) is 14.7 Å². The average molecular weight is 424 g/mol. The fraction of sp³-hybridized carbons (Fsp3) is 0.550. The quantitative estimate of drug-likeness (QED) is 0.555. The largest absolute Gasteiger partial charge is 0.480 e. The van der Waals surface area contributed by atoms with Gasteiger partial charge in [-0.1, -0.05) is 48.6 Å². The Hall–Kier alpha value is -1.64. The number of aliphatic carboxylic acids is 1. The molecule has 0 bridgehead atoms. The molecule has 3 N–H and O–H groups in total. The van der Waals surface area contributed by atoms with Gasteiger partial charge >= 0.3 is 5.97 Å². The first-order valence-corrected chi connectivity index (χ1v) is 10.8. The molecule has 1 saturated heterocycles. The second-order valence-corrected chi connectivity index (χ2v) is 9.76. The molecule has 6 nitrogen and oxygen atoms in total. The van der Waals surface area contributed by atoms with E-state index in [0.717, 1.165) is 26.2 Å². The van der Waals surface area contributed by atoms with E-state index in [0.29, 0.717) is 9.88 Å². The summed E-state index contributed by atoms with van der Waals surface area (Å²) >= 11 is 6.68. The van der Waals surface area contributed by atoms with Crippen LogP contribution in [0.1, 0.15) is 43.5 Å². The van der Waals surface area contributed by atoms with Gasteiger partial charge in [0.2, 0.25) is 0 Å². The summed E-state index contributed by atoms with van der Waals surface area (Å²) in [5, 5.41) is 15.5. The predicted molar refractivity (Wildman–Crippen MR) is 118 cm³/mol. The summed E-state index contributed by atoms with van der Waals surface area (Å²) in [4.78, 5) is 26.6. The Labute approximate surface area is 176 Å². The van der Waals surface area contributed by atoms with Crippen molar-refractivity contribution in [2.75, 3.05) is 26.2 Å². The molecule has 1 amide bonds. The van der Waals surface area contributed by atoms with Crippen LogP contribution in [0.2, 0.25) is 0 Å². The van der Waals surface area contributed by atoms with E-state index in [1.807, 2.05) is 0 Å². The summed E-state index contributed by atoms with van der Waals surface area (Å²) in [6.07, 6.45) is 3.79. The summed E-state index contributed by atoms with van der Waals surface area (Å²) < 4.78 is -0.270. The van der Waals surface area contributed by atoms with E-state index in [-0.39, 0.29) is 0 Å². The number of likely N-dealkylation sites (tertiary alicyclic amines) is 1. The number of amides is 1. The van der Waals surface area contributed by atoms with Gasteiger partial charge in [0, 0.05) is 23.4 Å². The third-order valence-electron chi connectivity index (χ3n) is 4.76. The van der Waals surface area contributed by atoms with Gasteiger partial charge in [-0.3, -0.25) is 4.79 Å². The third kappa shape index (κ3) is 7.07. The number of benzene rings is 1. The summed E-state index contributed by atoms with van der Waals surface area (Å²) in [6, 6.07) is 7.52. The van der Waals surface area contributed by atoms with E-state index in [2.05, 4.69) is 15.5 Å². The molecule has 1 atom stereocenters. The Morgan fingerprint density at radius 3 is 2.46 bits per heavy atom. The van der Waals surface area contributed by atoms with Crippen molar-refractivity contribution in [2.45, 2.75) is 43.9 Å². The van der Waals surface area contributed by atoms with Gasteiger partial charge < -0.3 is 20.6 Å². The fourth-order valence-electron chi connectivity index (χ4n) is 3.17. The number of carboxylic acids is 1. The molecule has 154 valence electrons. The molecule has 28 heavy (non-hydrogen) atoms. The predicted octanol–water partition coefficient (Wildman–Crippen LogP) is 2.74. The lowest BCUT2D eigenvalue weighted by Crippen LogP contribution is -2.53. The number of hydrogen-bond acceptors (Lipinski definition) is 5. The van der Waals surface area contributed by atoms with Crippen molar-refractivity contribution < 1.29 is 14.7 Å². The van der Waals surface area contributed by atoms with E-state index in [1.54, 1.807) is 44.2 Å². The van der Waals surface area contributed by atoms with Crippen LogP contribution in [0.4, 0.5) is 0 Å². The zero-order chi connectivity index (χ0) is 20.6. The highest BCUT2D eigenvalue weighted by Crippen LogP contribution is 2.29. The first kappa shape index (κ1) is 22.6. The zero-order valence-electron chi connectivity index (χ0n) is 16.4. The van der Waals surface area contributed by atoms with Crippen LogP contribution in [0.5, 0.6) is 0 Å². The lowest BCUT2D eigenvalue weighted by Gasteiger charge is -2.32. The monoisotopic (exact) mass is 423 g/mol. The van der Waals surface area contributed by atoms with Gasteiger partial charge in [0.1, 0.15) is 10.4 Å². The molecule has 1 aliphatic heterocycles. The minimum atomic E-state index is -1.09. The maximum Gasteiger partial charge on any atom is 0.327 e. The number of thioether (sulfide) groups is 1. The molecule has 1 aliphatic rings. The minimum Gasteiger partial charge on any atom is -0.480 e. The van der Waals surface area contributed by atoms with Crippen molar-refractivity contribution in [3.05, 3.63) is 35.9 Å². The van der Waals surface area contributed by atoms with Gasteiger partial charge in [-0.05, 0) is 51.9 Å². The number of carboxylic acid groups (broad SMARTS) is 1. The van der Waals surface area contributed by atoms with Crippen LogP contribution in [0.15, 0.2) is 30.3 Å². The Morgan fingerprint density at radius 2 is 1.86 bits per heavy atom. The molecule has 0 radical (unpaired) electrons. The molecule has 0 aromatic heterocycles. The lowest BCUT2D eigenvalue weighted by atomic mass is 10.0. The van der Waals surface area contributed by atoms with Crippen molar-refractivity contribution in [3.63, 3.8) is 0 Å². The number of rotatable bonds is 8. The first-order valence-electron chi connectivity index (χ1n) is 9.57. The minimum absolute atomic E-state index is 0.411. The van der Waals surface area contributed by atoms with E-state index in [4.69, 9.17) is 12.2 Å². The molecule has 0 saturated carbocycles. The summed E-state index contributed by atoms with van der Waals surface area (Å²) in [7, 11) is 0. The number of nitrogens with zero attached hydrogens (tertiary/aromatic N) is 1. The van der Waals surface area contributed by atoms with Crippen LogP contribution in [0.25, 0.3) is 0 Å². The molecule has 1 aromatic carbocycles. The fourth-order valence-corrected chi connectivity index (χ4v) is 4.85. The molecule has 8 heteroatoms. The Bertz CT molecular complexity index is 677. The molecule has 0 unspecified atom stereocenters. The maximum atomic E-state index is 12.4. The van der Waals surface area contributed by atoms with Gasteiger partial charge in [0.05, 0.1) is 0 Å². The maximum absolute atomic E-state index is 12.4. The first-order chi connectivity index (χ1) is 13.3. The van der Waals surface area contributed by atoms with Crippen molar-refractivity contribution in [1.29, 1.82) is 0 Å². The number of hydrogen-bond donors (Lipinski definition) is 3. The number of thiocarbonyl (C=S) groups is 1. The van der Waals surface area contributed by atoms with Crippen molar-refractivity contribution in [1.82, 2.24) is 15.5 Å². The van der Waals surface area contributed by atoms with Gasteiger partial charge in [-0.2, -0.15) is 0 Å². The van der Waals surface area contributed by atoms with Crippen LogP contribution in [0.3, 0.4) is 0 Å². The lowest BCUT2D eigenvalue weighted by molar-refractivity contribution is -0.139. The number of piperidine rings is 1. The zero-order valence-corrected chi connectivity index (χ0v) is 18.1. The molecule has 1 heterocycles. The second kappa shape index (κ2) is 10.8. The second-order valence-electron chi connectivity index (χ2n) is 7.43. The average Bonchev–Trinajstić information content (AvgIpc) is 2.66. The molecule has 1 fully saturated rings. The normalized spacial score (nSPS) is 16.2. The van der Waals surface area contributed by atoms with Gasteiger partial charge in [0.15, 0.2) is 0 Å². The molecule has 0 aliphatic carbocycles. The summed E-state index contributed by atoms with van der Waals surface area (Å²) in [6.45, 7) is 7.46. The topological polar surface area (TPSA) is 81.7 Å². The van der Waals surface area contributed by atoms with E-state index < -0.39 is 22.7 Å². The van der Waals surface area contributed by atoms with Crippen molar-refractivity contribution in [2.24, 2.45) is 0 Å². The highest BCUT2D eigenvalue weighted by molar-refractivity contribution is 8.23. The van der Waals surface area contributed by atoms with Crippen LogP contribution in [-0.4, -0.2) is 63.2 Å². The van der Waals surface area contributed by atoms with Crippen LogP contribution in [-0.2, 0) is 4.79 Å². The molecule has 2 rings (SSSR count). The number of carbonyl (C=O) groups excluding carboxylic acids is 1. The van der Waals surface area contributed by atoms with Crippen molar-refractivity contribution >= 4 is 40.2 Å². The summed E-state index contributed by atoms with van der Waals surface area (Å²) in [5.41, 5.74) is 0.428. The third-order valence-corrected chi connectivity index (χ3v) is 6.24. The highest BCUT2D eigenvalue weighted by atomic mass is 32.2. The van der Waals surface area contributed by atoms with Gasteiger partial charge in [-0.25, -0.2) is 4.79 Å². The number of nitrogens with one attached hydrogen (secondary N) is 2. The van der Waals surface area contributed by atoms with Gasteiger partial charge in [-0.15, -0.1) is 0 Å². The highest BCUT2D eigenvalue weighted by Gasteiger charge is 2.38. The van der Waals surface area contributed by atoms with Crippen LogP contribution >= 0.6 is 24.0 Å². The van der Waals surface area contributed by atoms with Crippen LogP contribution in [0, 0.1) is 0 Å². The standard InChI is InChI=1S/C20H29N3O3S2/c1-20(2,28-19(27)21-11-14-23-12-7-4-8-13-23)16(18(25)26)22-17(24)15-9-5-3-6-10-15/h3,5-6,9-10,16H,4,7-8,11-14H2,1-2H3,(H,21,27)(H,22,24)(H,25,26)/t16-/m1/s1. The Morgan fingerprint density at radius 1 is 1.21 bits per heavy atom. The Balaban J connectivity index is 1.88. The van der Waals surface area contributed by atoms with Gasteiger partial charge in [0.25, 0.3) is 5.91 Å². The van der Waals surface area contributed by atoms with E-state index in [1.165, 1.54) is 31.0 Å². The van der Waals surface area contributed by atoms with E-state index >= 15 is 0 Å². The van der Waals surface area contributed by atoms with Crippen molar-refractivity contribution in [3.8, 4) is 0 Å². The molecule has 1 aromatic rings. The SMILES string of the molecule is CC(C)(SC(=S)NCCN1CCCCC1)[C@H](NC(=O)c1ccccc1)C(=O)O.